The molecule has 2 bridgehead atoms. The summed E-state index contributed by atoms with van der Waals surface area (Å²) in [6, 6.07) is 7.75. The monoisotopic (exact) mass is 457 g/mol. The summed E-state index contributed by atoms with van der Waals surface area (Å²) in [4.78, 5) is 25.5. The maximum atomic E-state index is 13.4. The number of H-pyrrole nitrogens is 1. The average molecular weight is 458 g/mol. The number of carbonyl (C=O) groups is 1. The normalized spacial score (nSPS) is 26.0. The minimum Gasteiger partial charge on any atom is -0.374 e. The van der Waals surface area contributed by atoms with Gasteiger partial charge in [0, 0.05) is 49.0 Å². The van der Waals surface area contributed by atoms with E-state index in [-0.39, 0.29) is 18.2 Å². The molecular weight excluding hydrogens is 426 g/mol. The molecule has 0 spiro atoms. The molecule has 3 fully saturated rings. The number of hydrogen-bond acceptors (Lipinski definition) is 4. The van der Waals surface area contributed by atoms with E-state index in [2.05, 4.69) is 50.2 Å². The fraction of sp³-hybridized carbons (Fsp3) is 0.481. The lowest BCUT2D eigenvalue weighted by Crippen LogP contribution is -2.50. The smallest absolute Gasteiger partial charge is 0.320 e. The number of rotatable bonds is 2. The Morgan fingerprint density at radius 3 is 2.97 bits per heavy atom. The molecule has 6 heterocycles. The molecule has 2 amide bonds. The van der Waals surface area contributed by atoms with Crippen LogP contribution in [0.15, 0.2) is 30.6 Å². The van der Waals surface area contributed by atoms with Gasteiger partial charge in [-0.3, -0.25) is 0 Å². The van der Waals surface area contributed by atoms with Gasteiger partial charge in [0.25, 0.3) is 0 Å². The lowest BCUT2D eigenvalue weighted by molar-refractivity contribution is 0.0353. The molecule has 4 aliphatic rings. The van der Waals surface area contributed by atoms with Crippen LogP contribution >= 0.6 is 0 Å². The van der Waals surface area contributed by atoms with Gasteiger partial charge in [-0.15, -0.1) is 0 Å². The Balaban J connectivity index is 1.25. The first-order valence-electron chi connectivity index (χ1n) is 12.6. The number of aromatic nitrogens is 2. The lowest BCUT2D eigenvalue weighted by atomic mass is 9.87. The molecule has 34 heavy (non-hydrogen) atoms. The van der Waals surface area contributed by atoms with E-state index >= 15 is 0 Å². The number of amides is 2. The number of aryl methyl sites for hydroxylation is 1. The second-order valence-corrected chi connectivity index (χ2v) is 10.4. The summed E-state index contributed by atoms with van der Waals surface area (Å²) in [6.07, 6.45) is 8.47. The van der Waals surface area contributed by atoms with Crippen LogP contribution in [0.1, 0.15) is 47.6 Å². The summed E-state index contributed by atoms with van der Waals surface area (Å²) in [7, 11) is 0. The molecule has 7 nitrogen and oxygen atoms in total. The standard InChI is InChI=1S/C27H31N5O2/c1-16-11-29-26-22(16)9-19(12-30-26)18-7-17-4-6-31(27(33)32-13-21-10-20(32)15-34-21)14-24(17)23(8-18)25-3-2-5-28-25/h7-9,11-12,20-21,25,28H,2-6,10,13-15H2,1H3,(H,29,30)/t20?,21?,25-/m0/s1. The number of nitrogens with zero attached hydrogens (tertiary/aromatic N) is 3. The van der Waals surface area contributed by atoms with Crippen LogP contribution in [0, 0.1) is 6.92 Å². The van der Waals surface area contributed by atoms with Crippen molar-refractivity contribution < 1.29 is 9.53 Å². The second kappa shape index (κ2) is 7.82. The molecule has 2 unspecified atom stereocenters. The van der Waals surface area contributed by atoms with Crippen molar-refractivity contribution in [2.45, 2.75) is 57.3 Å². The highest BCUT2D eigenvalue weighted by Crippen LogP contribution is 2.37. The van der Waals surface area contributed by atoms with Crippen LogP contribution in [0.3, 0.4) is 0 Å². The first kappa shape index (κ1) is 20.5. The van der Waals surface area contributed by atoms with Gasteiger partial charge in [0.05, 0.1) is 18.8 Å². The molecule has 2 aromatic heterocycles. The third-order valence-corrected chi connectivity index (χ3v) is 8.30. The minimum absolute atomic E-state index is 0.188. The van der Waals surface area contributed by atoms with Gasteiger partial charge < -0.3 is 24.8 Å². The van der Waals surface area contributed by atoms with Gasteiger partial charge in [-0.05, 0) is 79.1 Å². The summed E-state index contributed by atoms with van der Waals surface area (Å²) in [5, 5.41) is 4.88. The van der Waals surface area contributed by atoms with Gasteiger partial charge in [0.15, 0.2) is 0 Å². The quantitative estimate of drug-likeness (QED) is 0.612. The Labute approximate surface area is 199 Å². The van der Waals surface area contributed by atoms with Crippen molar-refractivity contribution in [3.05, 3.63) is 52.8 Å². The van der Waals surface area contributed by atoms with Crippen molar-refractivity contribution in [1.82, 2.24) is 25.1 Å². The highest BCUT2D eigenvalue weighted by atomic mass is 16.5. The van der Waals surface area contributed by atoms with Crippen LogP contribution in [-0.4, -0.2) is 64.2 Å². The molecule has 0 saturated carbocycles. The number of morpholine rings is 1. The maximum absolute atomic E-state index is 13.4. The van der Waals surface area contributed by atoms with E-state index in [4.69, 9.17) is 4.74 Å². The molecule has 4 aliphatic heterocycles. The number of nitrogens with one attached hydrogen (secondary N) is 2. The van der Waals surface area contributed by atoms with Crippen LogP contribution in [0.2, 0.25) is 0 Å². The van der Waals surface area contributed by atoms with Crippen LogP contribution in [0.25, 0.3) is 22.2 Å². The second-order valence-electron chi connectivity index (χ2n) is 10.4. The van der Waals surface area contributed by atoms with E-state index in [1.165, 1.54) is 39.6 Å². The number of fused-ring (bicyclic) bond motifs is 4. The summed E-state index contributed by atoms with van der Waals surface area (Å²) >= 11 is 0. The number of benzene rings is 1. The molecular formula is C27H31N5O2. The zero-order chi connectivity index (χ0) is 22.8. The number of pyridine rings is 1. The summed E-state index contributed by atoms with van der Waals surface area (Å²) in [5.74, 6) is 0. The van der Waals surface area contributed by atoms with E-state index in [0.29, 0.717) is 19.2 Å². The third-order valence-electron chi connectivity index (χ3n) is 8.30. The Hall–Kier alpha value is -2.90. The van der Waals surface area contributed by atoms with E-state index < -0.39 is 0 Å². The van der Waals surface area contributed by atoms with Gasteiger partial charge in [-0.2, -0.15) is 0 Å². The largest absolute Gasteiger partial charge is 0.374 e. The first-order chi connectivity index (χ1) is 16.6. The number of likely N-dealkylation sites (tertiary alicyclic amines) is 1. The van der Waals surface area contributed by atoms with Crippen LogP contribution in [0.4, 0.5) is 4.79 Å². The lowest BCUT2D eigenvalue weighted by Gasteiger charge is -2.37. The van der Waals surface area contributed by atoms with Gasteiger partial charge in [-0.25, -0.2) is 9.78 Å². The molecule has 0 aliphatic carbocycles. The molecule has 3 atom stereocenters. The fourth-order valence-electron chi connectivity index (χ4n) is 6.40. The van der Waals surface area contributed by atoms with Crippen molar-refractivity contribution >= 4 is 17.1 Å². The average Bonchev–Trinajstić information content (AvgIpc) is 3.68. The molecule has 1 aromatic carbocycles. The van der Waals surface area contributed by atoms with E-state index in [1.807, 2.05) is 12.4 Å². The van der Waals surface area contributed by atoms with Gasteiger partial charge in [0.1, 0.15) is 5.65 Å². The predicted octanol–water partition coefficient (Wildman–Crippen LogP) is 3.91. The van der Waals surface area contributed by atoms with Crippen molar-refractivity contribution in [2.75, 3.05) is 26.2 Å². The van der Waals surface area contributed by atoms with Gasteiger partial charge in [-0.1, -0.05) is 6.07 Å². The Morgan fingerprint density at radius 1 is 1.24 bits per heavy atom. The number of ether oxygens (including phenoxy) is 1. The highest BCUT2D eigenvalue weighted by molar-refractivity contribution is 5.85. The molecule has 3 saturated heterocycles. The zero-order valence-corrected chi connectivity index (χ0v) is 19.6. The molecule has 0 radical (unpaired) electrons. The molecule has 176 valence electrons. The Bertz CT molecular complexity index is 1280. The maximum Gasteiger partial charge on any atom is 0.320 e. The Kier molecular flexibility index (Phi) is 4.71. The van der Waals surface area contributed by atoms with Crippen LogP contribution < -0.4 is 5.32 Å². The minimum atomic E-state index is 0.188. The molecule has 3 aromatic rings. The van der Waals surface area contributed by atoms with Crippen molar-refractivity contribution in [1.29, 1.82) is 0 Å². The van der Waals surface area contributed by atoms with Crippen LogP contribution in [0.5, 0.6) is 0 Å². The summed E-state index contributed by atoms with van der Waals surface area (Å²) < 4.78 is 5.72. The number of hydrogen-bond donors (Lipinski definition) is 2. The Morgan fingerprint density at radius 2 is 2.18 bits per heavy atom. The topological polar surface area (TPSA) is 73.5 Å². The predicted molar refractivity (Wildman–Crippen MR) is 131 cm³/mol. The van der Waals surface area contributed by atoms with E-state index in [0.717, 1.165) is 50.1 Å². The highest BCUT2D eigenvalue weighted by Gasteiger charge is 2.43. The molecule has 2 N–H and O–H groups in total. The van der Waals surface area contributed by atoms with Crippen molar-refractivity contribution in [3.8, 4) is 11.1 Å². The van der Waals surface area contributed by atoms with Crippen molar-refractivity contribution in [3.63, 3.8) is 0 Å². The number of aromatic amines is 1. The third kappa shape index (κ3) is 3.25. The van der Waals surface area contributed by atoms with E-state index in [9.17, 15) is 4.79 Å². The summed E-state index contributed by atoms with van der Waals surface area (Å²) in [5.41, 5.74) is 8.62. The number of urea groups is 1. The summed E-state index contributed by atoms with van der Waals surface area (Å²) in [6.45, 7) is 6.09. The van der Waals surface area contributed by atoms with Gasteiger partial charge >= 0.3 is 6.03 Å². The SMILES string of the molecule is Cc1c[nH]c2ncc(-c3cc4c(c([C@@H]5CCCN5)c3)CN(C(=O)N3CC5CC3CO5)CC4)cc12. The molecule has 7 rings (SSSR count). The molecule has 7 heteroatoms. The fourth-order valence-corrected chi connectivity index (χ4v) is 6.40. The van der Waals surface area contributed by atoms with Gasteiger partial charge in [0.2, 0.25) is 0 Å². The van der Waals surface area contributed by atoms with E-state index in [1.54, 1.807) is 0 Å². The number of carbonyl (C=O) groups excluding carboxylic acids is 1. The zero-order valence-electron chi connectivity index (χ0n) is 19.6. The van der Waals surface area contributed by atoms with Crippen molar-refractivity contribution in [2.24, 2.45) is 0 Å². The van der Waals surface area contributed by atoms with Crippen LogP contribution in [-0.2, 0) is 17.7 Å². The first-order valence-corrected chi connectivity index (χ1v) is 12.6.